The number of fused-ring (bicyclic) bond motifs is 1. The molecule has 1 amide bonds. The second kappa shape index (κ2) is 5.50. The third-order valence-corrected chi connectivity index (χ3v) is 4.53. The number of nitrogens with zero attached hydrogens (tertiary/aromatic N) is 4. The number of amides is 1. The fourth-order valence-electron chi connectivity index (χ4n) is 3.31. The molecular weight excluding hydrogens is 300 g/mol. The van der Waals surface area contributed by atoms with Gasteiger partial charge >= 0.3 is 0 Å². The topological polar surface area (TPSA) is 61.9 Å². The molecule has 3 aromatic rings. The van der Waals surface area contributed by atoms with Crippen molar-refractivity contribution >= 4 is 16.9 Å². The van der Waals surface area contributed by atoms with Crippen LogP contribution in [0.2, 0.25) is 0 Å². The number of rotatable bonds is 2. The number of para-hydroxylation sites is 2. The Morgan fingerprint density at radius 1 is 1.21 bits per heavy atom. The highest BCUT2D eigenvalue weighted by Gasteiger charge is 2.34. The van der Waals surface area contributed by atoms with Crippen molar-refractivity contribution in [3.05, 3.63) is 65.5 Å². The summed E-state index contributed by atoms with van der Waals surface area (Å²) in [6.07, 6.45) is 0. The monoisotopic (exact) mass is 316 g/mol. The average Bonchev–Trinajstić information content (AvgIpc) is 2.90. The van der Waals surface area contributed by atoms with Gasteiger partial charge in [0.15, 0.2) is 0 Å². The minimum absolute atomic E-state index is 0.0228. The molecule has 0 aliphatic carbocycles. The van der Waals surface area contributed by atoms with Gasteiger partial charge < -0.3 is 9.47 Å². The number of hydrogen-bond donors (Lipinski definition) is 0. The quantitative estimate of drug-likeness (QED) is 0.730. The third kappa shape index (κ3) is 2.24. The van der Waals surface area contributed by atoms with E-state index in [1.54, 1.807) is 24.3 Å². The molecule has 0 spiro atoms. The van der Waals surface area contributed by atoms with Gasteiger partial charge in [-0.3, -0.25) is 4.79 Å². The van der Waals surface area contributed by atoms with Crippen molar-refractivity contribution in [3.8, 4) is 6.07 Å². The first-order valence-electron chi connectivity index (χ1n) is 7.90. The van der Waals surface area contributed by atoms with Crippen LogP contribution in [0.15, 0.2) is 48.5 Å². The molecule has 1 aromatic heterocycles. The van der Waals surface area contributed by atoms with Crippen molar-refractivity contribution in [1.82, 2.24) is 14.5 Å². The molecule has 1 saturated heterocycles. The molecule has 0 N–H and O–H groups in total. The summed E-state index contributed by atoms with van der Waals surface area (Å²) in [5.41, 5.74) is 3.18. The van der Waals surface area contributed by atoms with Crippen LogP contribution >= 0.6 is 0 Å². The minimum Gasteiger partial charge on any atom is -0.334 e. The molecule has 5 nitrogen and oxygen atoms in total. The van der Waals surface area contributed by atoms with Crippen LogP contribution in [0.5, 0.6) is 0 Å². The van der Waals surface area contributed by atoms with Gasteiger partial charge in [-0.25, -0.2) is 4.98 Å². The number of imidazole rings is 1. The Bertz CT molecular complexity index is 976. The van der Waals surface area contributed by atoms with Crippen molar-refractivity contribution in [1.29, 1.82) is 5.26 Å². The Labute approximate surface area is 139 Å². The number of nitriles is 1. The summed E-state index contributed by atoms with van der Waals surface area (Å²) in [6.45, 7) is 3.33. The molecule has 1 fully saturated rings. The van der Waals surface area contributed by atoms with E-state index >= 15 is 0 Å². The van der Waals surface area contributed by atoms with Crippen molar-refractivity contribution < 1.29 is 4.79 Å². The molecule has 0 radical (unpaired) electrons. The van der Waals surface area contributed by atoms with E-state index in [9.17, 15) is 4.79 Å². The lowest BCUT2D eigenvalue weighted by atomic mass is 10.0. The largest absolute Gasteiger partial charge is 0.334 e. The van der Waals surface area contributed by atoms with Crippen LogP contribution < -0.4 is 0 Å². The molecule has 5 heteroatoms. The van der Waals surface area contributed by atoms with Crippen LogP contribution in [-0.4, -0.2) is 33.4 Å². The molecule has 2 aromatic carbocycles. The Kier molecular flexibility index (Phi) is 3.31. The minimum atomic E-state index is -0.0228. The van der Waals surface area contributed by atoms with Crippen LogP contribution in [0.1, 0.15) is 27.8 Å². The normalized spacial score (nSPS) is 14.4. The van der Waals surface area contributed by atoms with Gasteiger partial charge in [-0.15, -0.1) is 0 Å². The SMILES string of the molecule is Cc1nc2ccccc2n1C1CN(C(=O)c2cccc(C#N)c2)C1. The summed E-state index contributed by atoms with van der Waals surface area (Å²) in [6, 6.07) is 17.2. The molecule has 24 heavy (non-hydrogen) atoms. The van der Waals surface area contributed by atoms with Crippen LogP contribution in [0.25, 0.3) is 11.0 Å². The number of hydrogen-bond acceptors (Lipinski definition) is 3. The molecule has 0 saturated carbocycles. The van der Waals surface area contributed by atoms with Crippen molar-refractivity contribution in [2.45, 2.75) is 13.0 Å². The maximum Gasteiger partial charge on any atom is 0.254 e. The Hall–Kier alpha value is -3.13. The van der Waals surface area contributed by atoms with E-state index in [-0.39, 0.29) is 11.9 Å². The molecule has 118 valence electrons. The Morgan fingerprint density at radius 3 is 2.79 bits per heavy atom. The zero-order valence-electron chi connectivity index (χ0n) is 13.3. The predicted octanol–water partition coefficient (Wildman–Crippen LogP) is 2.91. The lowest BCUT2D eigenvalue weighted by Crippen LogP contribution is -2.50. The maximum absolute atomic E-state index is 12.6. The van der Waals surface area contributed by atoms with Crippen LogP contribution in [-0.2, 0) is 0 Å². The second-order valence-electron chi connectivity index (χ2n) is 6.07. The lowest BCUT2D eigenvalue weighted by Gasteiger charge is -2.40. The molecule has 0 atom stereocenters. The lowest BCUT2D eigenvalue weighted by molar-refractivity contribution is 0.0523. The van der Waals surface area contributed by atoms with E-state index in [0.717, 1.165) is 16.9 Å². The number of aromatic nitrogens is 2. The molecule has 0 bridgehead atoms. The zero-order chi connectivity index (χ0) is 16.7. The number of benzene rings is 2. The van der Waals surface area contributed by atoms with E-state index in [1.807, 2.05) is 30.0 Å². The van der Waals surface area contributed by atoms with Gasteiger partial charge in [-0.2, -0.15) is 5.26 Å². The summed E-state index contributed by atoms with van der Waals surface area (Å²) in [5, 5.41) is 8.97. The first-order valence-corrected chi connectivity index (χ1v) is 7.90. The summed E-state index contributed by atoms with van der Waals surface area (Å²) < 4.78 is 2.21. The van der Waals surface area contributed by atoms with Gasteiger partial charge in [-0.05, 0) is 37.3 Å². The molecule has 0 unspecified atom stereocenters. The Morgan fingerprint density at radius 2 is 2.00 bits per heavy atom. The zero-order valence-corrected chi connectivity index (χ0v) is 13.3. The van der Waals surface area contributed by atoms with Crippen LogP contribution in [0, 0.1) is 18.3 Å². The highest BCUT2D eigenvalue weighted by atomic mass is 16.2. The first-order chi connectivity index (χ1) is 11.7. The van der Waals surface area contributed by atoms with Crippen molar-refractivity contribution in [2.75, 3.05) is 13.1 Å². The smallest absolute Gasteiger partial charge is 0.254 e. The van der Waals surface area contributed by atoms with Crippen molar-refractivity contribution in [2.24, 2.45) is 0 Å². The third-order valence-electron chi connectivity index (χ3n) is 4.53. The summed E-state index contributed by atoms with van der Waals surface area (Å²) in [5.74, 6) is 0.949. The summed E-state index contributed by atoms with van der Waals surface area (Å²) in [7, 11) is 0. The molecule has 4 rings (SSSR count). The Balaban J connectivity index is 1.54. The second-order valence-corrected chi connectivity index (χ2v) is 6.07. The van der Waals surface area contributed by atoms with Crippen LogP contribution in [0.4, 0.5) is 0 Å². The van der Waals surface area contributed by atoms with Crippen molar-refractivity contribution in [3.63, 3.8) is 0 Å². The highest BCUT2D eigenvalue weighted by molar-refractivity contribution is 5.95. The predicted molar refractivity (Wildman–Crippen MR) is 90.6 cm³/mol. The van der Waals surface area contributed by atoms with Gasteiger partial charge in [0.1, 0.15) is 5.82 Å². The summed E-state index contributed by atoms with van der Waals surface area (Å²) in [4.78, 5) is 19.0. The average molecular weight is 316 g/mol. The number of likely N-dealkylation sites (tertiary alicyclic amines) is 1. The van der Waals surface area contributed by atoms with Gasteiger partial charge in [0.05, 0.1) is 28.7 Å². The summed E-state index contributed by atoms with van der Waals surface area (Å²) >= 11 is 0. The van der Waals surface area contributed by atoms with Gasteiger partial charge in [0.25, 0.3) is 5.91 Å². The molecule has 1 aliphatic rings. The van der Waals surface area contributed by atoms with E-state index < -0.39 is 0 Å². The molecule has 2 heterocycles. The first kappa shape index (κ1) is 14.5. The number of carbonyl (C=O) groups excluding carboxylic acids is 1. The van der Waals surface area contributed by atoms with Gasteiger partial charge in [-0.1, -0.05) is 18.2 Å². The fourth-order valence-corrected chi connectivity index (χ4v) is 3.31. The van der Waals surface area contributed by atoms with E-state index in [0.29, 0.717) is 24.2 Å². The van der Waals surface area contributed by atoms with Crippen LogP contribution in [0.3, 0.4) is 0 Å². The number of carbonyl (C=O) groups is 1. The standard InChI is InChI=1S/C19H16N4O/c1-13-21-17-7-2-3-8-18(17)23(13)16-11-22(12-16)19(24)15-6-4-5-14(9-15)10-20/h2-9,16H,11-12H2,1H3. The molecular formula is C19H16N4O. The fraction of sp³-hybridized carbons (Fsp3) is 0.211. The van der Waals surface area contributed by atoms with E-state index in [2.05, 4.69) is 21.7 Å². The van der Waals surface area contributed by atoms with Gasteiger partial charge in [0, 0.05) is 18.7 Å². The highest BCUT2D eigenvalue weighted by Crippen LogP contribution is 2.28. The maximum atomic E-state index is 12.6. The van der Waals surface area contributed by atoms with E-state index in [4.69, 9.17) is 5.26 Å². The molecule has 1 aliphatic heterocycles. The number of aryl methyl sites for hydroxylation is 1. The van der Waals surface area contributed by atoms with Gasteiger partial charge in [0.2, 0.25) is 0 Å². The van der Waals surface area contributed by atoms with E-state index in [1.165, 1.54) is 0 Å².